The topological polar surface area (TPSA) is 34.0 Å². The molecule has 0 aliphatic carbocycles. The average molecular weight is 305 g/mol. The number of pyridine rings is 1. The highest BCUT2D eigenvalue weighted by molar-refractivity contribution is 6.30. The Labute approximate surface area is 130 Å². The highest BCUT2D eigenvalue weighted by Crippen LogP contribution is 2.15. The van der Waals surface area contributed by atoms with Crippen molar-refractivity contribution in [2.24, 2.45) is 0 Å². The fourth-order valence-electron chi connectivity index (χ4n) is 2.21. The van der Waals surface area contributed by atoms with E-state index >= 15 is 0 Å². The van der Waals surface area contributed by atoms with Crippen molar-refractivity contribution >= 4 is 11.6 Å². The summed E-state index contributed by atoms with van der Waals surface area (Å²) in [5, 5.41) is 4.02. The third-order valence-electron chi connectivity index (χ3n) is 3.45. The number of benzene rings is 1. The van der Waals surface area contributed by atoms with Gasteiger partial charge in [-0.1, -0.05) is 24.9 Å². The van der Waals surface area contributed by atoms with E-state index in [1.165, 1.54) is 0 Å². The number of rotatable bonds is 6. The summed E-state index contributed by atoms with van der Waals surface area (Å²) in [4.78, 5) is 12.1. The lowest BCUT2D eigenvalue weighted by atomic mass is 10.2. The molecule has 0 aliphatic heterocycles. The summed E-state index contributed by atoms with van der Waals surface area (Å²) < 4.78 is 2.02. The van der Waals surface area contributed by atoms with Crippen molar-refractivity contribution < 1.29 is 0 Å². The summed E-state index contributed by atoms with van der Waals surface area (Å²) in [6.45, 7) is 5.63. The Bertz CT molecular complexity index is 647. The van der Waals surface area contributed by atoms with Crippen LogP contribution in [0.2, 0.25) is 5.02 Å². The molecule has 2 rings (SSSR count). The third-order valence-corrected chi connectivity index (χ3v) is 3.70. The van der Waals surface area contributed by atoms with Crippen molar-refractivity contribution in [3.63, 3.8) is 0 Å². The molecular weight excluding hydrogens is 284 g/mol. The second kappa shape index (κ2) is 7.43. The molecule has 4 heteroatoms. The van der Waals surface area contributed by atoms with Crippen molar-refractivity contribution in [1.82, 2.24) is 9.88 Å². The summed E-state index contributed by atoms with van der Waals surface area (Å²) in [7, 11) is 0. The molecule has 21 heavy (non-hydrogen) atoms. The van der Waals surface area contributed by atoms with Crippen LogP contribution in [0.3, 0.4) is 0 Å². The minimum Gasteiger partial charge on any atom is -0.321 e. The fourth-order valence-corrected chi connectivity index (χ4v) is 2.34. The first kappa shape index (κ1) is 15.8. The lowest BCUT2D eigenvalue weighted by Crippen LogP contribution is -2.22. The maximum atomic E-state index is 12.1. The van der Waals surface area contributed by atoms with Crippen LogP contribution >= 0.6 is 11.6 Å². The molecule has 0 radical (unpaired) electrons. The minimum atomic E-state index is 0.0849. The van der Waals surface area contributed by atoms with Gasteiger partial charge in [0.1, 0.15) is 0 Å². The van der Waals surface area contributed by atoms with E-state index in [9.17, 15) is 4.79 Å². The number of unbranched alkanes of at least 4 members (excludes halogenated alkanes) is 1. The second-order valence-corrected chi connectivity index (χ2v) is 5.62. The third kappa shape index (κ3) is 4.19. The Morgan fingerprint density at radius 3 is 2.62 bits per heavy atom. The molecule has 0 spiro atoms. The lowest BCUT2D eigenvalue weighted by Gasteiger charge is -2.13. The number of nitrogens with one attached hydrogen (secondary N) is 1. The maximum absolute atomic E-state index is 12.1. The van der Waals surface area contributed by atoms with Crippen LogP contribution in [-0.4, -0.2) is 11.1 Å². The van der Waals surface area contributed by atoms with Crippen LogP contribution in [0, 0.1) is 6.92 Å². The number of halogens is 1. The van der Waals surface area contributed by atoms with E-state index in [1.807, 2.05) is 42.0 Å². The van der Waals surface area contributed by atoms with E-state index in [-0.39, 0.29) is 5.43 Å². The average Bonchev–Trinajstić information content (AvgIpc) is 2.47. The zero-order valence-electron chi connectivity index (χ0n) is 12.5. The molecule has 2 aromatic rings. The molecule has 0 saturated heterocycles. The van der Waals surface area contributed by atoms with Crippen LogP contribution in [0.15, 0.2) is 41.3 Å². The van der Waals surface area contributed by atoms with Crippen molar-refractivity contribution in [1.29, 1.82) is 0 Å². The molecule has 0 amide bonds. The number of hydrogen-bond donors (Lipinski definition) is 1. The van der Waals surface area contributed by atoms with Crippen molar-refractivity contribution in [3.05, 3.63) is 63.0 Å². The van der Waals surface area contributed by atoms with Gasteiger partial charge in [0.25, 0.3) is 0 Å². The highest BCUT2D eigenvalue weighted by Gasteiger charge is 2.05. The van der Waals surface area contributed by atoms with Crippen LogP contribution < -0.4 is 10.7 Å². The van der Waals surface area contributed by atoms with Crippen molar-refractivity contribution in [2.75, 3.05) is 6.54 Å². The predicted molar refractivity (Wildman–Crippen MR) is 88.4 cm³/mol. The molecule has 1 N–H and O–H groups in total. The van der Waals surface area contributed by atoms with Gasteiger partial charge in [-0.25, -0.2) is 0 Å². The Kier molecular flexibility index (Phi) is 5.59. The molecule has 1 heterocycles. The lowest BCUT2D eigenvalue weighted by molar-refractivity contribution is 0.637. The Hall–Kier alpha value is -1.58. The van der Waals surface area contributed by atoms with Gasteiger partial charge in [-0.2, -0.15) is 0 Å². The zero-order chi connectivity index (χ0) is 15.2. The van der Waals surface area contributed by atoms with Crippen LogP contribution in [0.5, 0.6) is 0 Å². The standard InChI is InChI=1S/C17H21ClN2O/c1-3-4-9-19-11-14-12-20(13(2)10-17(14)21)16-7-5-15(18)6-8-16/h5-8,10,12,19H,3-4,9,11H2,1-2H3. The van der Waals surface area contributed by atoms with Crippen LogP contribution in [-0.2, 0) is 6.54 Å². The van der Waals surface area contributed by atoms with Crippen molar-refractivity contribution in [3.8, 4) is 5.69 Å². The molecule has 0 fully saturated rings. The first-order valence-corrected chi connectivity index (χ1v) is 7.68. The number of hydrogen-bond acceptors (Lipinski definition) is 2. The molecule has 0 saturated carbocycles. The fraction of sp³-hybridized carbons (Fsp3) is 0.353. The van der Waals surface area contributed by atoms with E-state index < -0.39 is 0 Å². The predicted octanol–water partition coefficient (Wildman–Crippen LogP) is 3.69. The smallest absolute Gasteiger partial charge is 0.186 e. The first-order chi connectivity index (χ1) is 10.1. The van der Waals surface area contributed by atoms with Crippen LogP contribution in [0.1, 0.15) is 31.0 Å². The van der Waals surface area contributed by atoms with E-state index in [4.69, 9.17) is 11.6 Å². The van der Waals surface area contributed by atoms with Gasteiger partial charge < -0.3 is 9.88 Å². The van der Waals surface area contributed by atoms with Gasteiger partial charge in [0.15, 0.2) is 5.43 Å². The first-order valence-electron chi connectivity index (χ1n) is 7.30. The molecule has 0 aliphatic rings. The van der Waals surface area contributed by atoms with Gasteiger partial charge in [-0.15, -0.1) is 0 Å². The van der Waals surface area contributed by atoms with Gasteiger partial charge in [0, 0.05) is 40.8 Å². The van der Waals surface area contributed by atoms with Crippen LogP contribution in [0.25, 0.3) is 5.69 Å². The van der Waals surface area contributed by atoms with Crippen molar-refractivity contribution in [2.45, 2.75) is 33.2 Å². The molecule has 1 aromatic heterocycles. The molecule has 112 valence electrons. The summed E-state index contributed by atoms with van der Waals surface area (Å²) in [5.74, 6) is 0. The molecule has 0 atom stereocenters. The monoisotopic (exact) mass is 304 g/mol. The summed E-state index contributed by atoms with van der Waals surface area (Å²) >= 11 is 5.92. The highest BCUT2D eigenvalue weighted by atomic mass is 35.5. The van der Waals surface area contributed by atoms with Gasteiger partial charge in [0.2, 0.25) is 0 Å². The van der Waals surface area contributed by atoms with Gasteiger partial charge in [0.05, 0.1) is 0 Å². The number of aryl methyl sites for hydroxylation is 1. The number of nitrogens with zero attached hydrogens (tertiary/aromatic N) is 1. The Morgan fingerprint density at radius 2 is 1.95 bits per heavy atom. The van der Waals surface area contributed by atoms with Gasteiger partial charge >= 0.3 is 0 Å². The molecular formula is C17H21ClN2O. The van der Waals surface area contributed by atoms with E-state index in [0.717, 1.165) is 36.3 Å². The normalized spacial score (nSPS) is 10.8. The zero-order valence-corrected chi connectivity index (χ0v) is 13.3. The molecule has 0 unspecified atom stereocenters. The van der Waals surface area contributed by atoms with E-state index in [2.05, 4.69) is 12.2 Å². The Balaban J connectivity index is 2.25. The van der Waals surface area contributed by atoms with Gasteiger partial charge in [-0.3, -0.25) is 4.79 Å². The van der Waals surface area contributed by atoms with E-state index in [0.29, 0.717) is 11.6 Å². The van der Waals surface area contributed by atoms with E-state index in [1.54, 1.807) is 6.07 Å². The number of aromatic nitrogens is 1. The Morgan fingerprint density at radius 1 is 1.24 bits per heavy atom. The quantitative estimate of drug-likeness (QED) is 0.826. The summed E-state index contributed by atoms with van der Waals surface area (Å²) in [6, 6.07) is 9.30. The largest absolute Gasteiger partial charge is 0.321 e. The molecule has 0 bridgehead atoms. The maximum Gasteiger partial charge on any atom is 0.186 e. The molecule has 3 nitrogen and oxygen atoms in total. The van der Waals surface area contributed by atoms with Crippen LogP contribution in [0.4, 0.5) is 0 Å². The minimum absolute atomic E-state index is 0.0849. The summed E-state index contributed by atoms with van der Waals surface area (Å²) in [5.41, 5.74) is 2.79. The second-order valence-electron chi connectivity index (χ2n) is 5.18. The summed E-state index contributed by atoms with van der Waals surface area (Å²) in [6.07, 6.45) is 4.19. The van der Waals surface area contributed by atoms with Gasteiger partial charge in [-0.05, 0) is 44.2 Å². The SMILES string of the molecule is CCCCNCc1cn(-c2ccc(Cl)cc2)c(C)cc1=O. The molecule has 1 aromatic carbocycles.